The smallest absolute Gasteiger partial charge is 0.306 e. The zero-order valence-electron chi connectivity index (χ0n) is 9.45. The Morgan fingerprint density at radius 2 is 2.00 bits per heavy atom. The summed E-state index contributed by atoms with van der Waals surface area (Å²) in [5.41, 5.74) is 0. The average Bonchev–Trinajstić information content (AvgIpc) is 2.13. The molecule has 1 N–H and O–H groups in total. The van der Waals surface area contributed by atoms with Crippen LogP contribution in [-0.2, 0) is 19.6 Å². The number of hydrogen-bond acceptors (Lipinski definition) is 4. The summed E-state index contributed by atoms with van der Waals surface area (Å²) in [7, 11) is -3.34. The van der Waals surface area contributed by atoms with E-state index in [1.165, 1.54) is 0 Å². The first-order valence-corrected chi connectivity index (χ1v) is 6.65. The third kappa shape index (κ3) is 8.38. The molecule has 0 aromatic rings. The second kappa shape index (κ2) is 6.79. The zero-order chi connectivity index (χ0) is 11.9. The lowest BCUT2D eigenvalue weighted by molar-refractivity contribution is -0.142. The molecule has 0 heterocycles. The largest absolute Gasteiger partial charge is 0.466 e. The predicted octanol–water partition coefficient (Wildman–Crippen LogP) is 0.515. The van der Waals surface area contributed by atoms with Gasteiger partial charge in [0.15, 0.2) is 0 Å². The second-order valence-electron chi connectivity index (χ2n) is 3.62. The fraction of sp³-hybridized carbons (Fsp3) is 0.889. The maximum absolute atomic E-state index is 11.3. The molecular weight excluding hydrogens is 218 g/mol. The number of nitrogens with one attached hydrogen (secondary N) is 1. The molecule has 0 amide bonds. The molecule has 0 aliphatic heterocycles. The van der Waals surface area contributed by atoms with E-state index in [4.69, 9.17) is 0 Å². The maximum Gasteiger partial charge on any atom is 0.306 e. The summed E-state index contributed by atoms with van der Waals surface area (Å²) in [6, 6.07) is 0. The molecule has 0 aromatic carbocycles. The summed E-state index contributed by atoms with van der Waals surface area (Å²) in [4.78, 5) is 10.9. The summed E-state index contributed by atoms with van der Waals surface area (Å²) < 4.78 is 29.7. The van der Waals surface area contributed by atoms with E-state index in [0.717, 1.165) is 0 Å². The Bertz CT molecular complexity index is 284. The highest BCUT2D eigenvalue weighted by Gasteiger charge is 2.13. The Labute approximate surface area is 91.2 Å². The van der Waals surface area contributed by atoms with Gasteiger partial charge in [-0.3, -0.25) is 4.79 Å². The highest BCUT2D eigenvalue weighted by molar-refractivity contribution is 7.89. The van der Waals surface area contributed by atoms with Gasteiger partial charge in [-0.1, -0.05) is 13.8 Å². The molecule has 0 unspecified atom stereocenters. The lowest BCUT2D eigenvalue weighted by Gasteiger charge is -2.08. The van der Waals surface area contributed by atoms with Gasteiger partial charge in [-0.25, -0.2) is 13.1 Å². The van der Waals surface area contributed by atoms with Gasteiger partial charge in [0, 0.05) is 6.54 Å². The molecule has 0 radical (unpaired) electrons. The van der Waals surface area contributed by atoms with Crippen molar-refractivity contribution in [3.63, 3.8) is 0 Å². The normalized spacial score (nSPS) is 11.7. The molecule has 90 valence electrons. The van der Waals surface area contributed by atoms with Crippen LogP contribution < -0.4 is 4.72 Å². The molecule has 0 fully saturated rings. The first-order chi connectivity index (χ1) is 6.87. The first-order valence-electron chi connectivity index (χ1n) is 5.00. The van der Waals surface area contributed by atoms with E-state index in [2.05, 4.69) is 9.46 Å². The fourth-order valence-corrected chi connectivity index (χ4v) is 1.98. The lowest BCUT2D eigenvalue weighted by Crippen LogP contribution is -2.30. The maximum atomic E-state index is 11.3. The van der Waals surface area contributed by atoms with E-state index in [0.29, 0.717) is 6.54 Å². The van der Waals surface area contributed by atoms with Gasteiger partial charge >= 0.3 is 5.97 Å². The first kappa shape index (κ1) is 14.4. The van der Waals surface area contributed by atoms with Gasteiger partial charge in [-0.2, -0.15) is 0 Å². The van der Waals surface area contributed by atoms with Crippen molar-refractivity contribution in [1.82, 2.24) is 4.72 Å². The van der Waals surface area contributed by atoms with Gasteiger partial charge in [0.1, 0.15) is 0 Å². The van der Waals surface area contributed by atoms with E-state index < -0.39 is 16.0 Å². The average molecular weight is 237 g/mol. The Morgan fingerprint density at radius 1 is 1.40 bits per heavy atom. The van der Waals surface area contributed by atoms with Crippen LogP contribution in [0.2, 0.25) is 0 Å². The molecule has 0 aliphatic rings. The molecule has 0 atom stereocenters. The topological polar surface area (TPSA) is 72.5 Å². The molecule has 0 aliphatic carbocycles. The molecule has 6 heteroatoms. The van der Waals surface area contributed by atoms with Crippen LogP contribution in [0, 0.1) is 5.92 Å². The van der Waals surface area contributed by atoms with Crippen LogP contribution >= 0.6 is 0 Å². The van der Waals surface area contributed by atoms with Crippen LogP contribution in [0.4, 0.5) is 0 Å². The Balaban J connectivity index is 3.89. The van der Waals surface area contributed by atoms with Gasteiger partial charge in [-0.15, -0.1) is 0 Å². The number of carbonyl (C=O) groups excluding carboxylic acids is 1. The number of rotatable bonds is 7. The molecule has 0 saturated heterocycles. The summed E-state index contributed by atoms with van der Waals surface area (Å²) in [5, 5.41) is 0. The van der Waals surface area contributed by atoms with Crippen molar-refractivity contribution in [2.24, 2.45) is 5.92 Å². The van der Waals surface area contributed by atoms with Crippen molar-refractivity contribution >= 4 is 16.0 Å². The second-order valence-corrected chi connectivity index (χ2v) is 5.54. The van der Waals surface area contributed by atoms with Crippen LogP contribution in [0.15, 0.2) is 0 Å². The Kier molecular flexibility index (Phi) is 6.51. The van der Waals surface area contributed by atoms with Crippen molar-refractivity contribution in [2.75, 3.05) is 18.9 Å². The number of sulfonamides is 1. The summed E-state index contributed by atoms with van der Waals surface area (Å²) in [6.07, 6.45) is -0.0960. The number of hydrogen-bond donors (Lipinski definition) is 1. The van der Waals surface area contributed by atoms with Crippen molar-refractivity contribution in [1.29, 1.82) is 0 Å². The zero-order valence-corrected chi connectivity index (χ0v) is 10.3. The molecular formula is C9H19NO4S. The minimum Gasteiger partial charge on any atom is -0.466 e. The van der Waals surface area contributed by atoms with Crippen LogP contribution in [-0.4, -0.2) is 33.3 Å². The van der Waals surface area contributed by atoms with Crippen molar-refractivity contribution in [3.05, 3.63) is 0 Å². The van der Waals surface area contributed by atoms with Crippen molar-refractivity contribution < 1.29 is 17.9 Å². The van der Waals surface area contributed by atoms with Crippen molar-refractivity contribution in [3.8, 4) is 0 Å². The van der Waals surface area contributed by atoms with Crippen LogP contribution in [0.1, 0.15) is 27.2 Å². The lowest BCUT2D eigenvalue weighted by atomic mass is 10.2. The van der Waals surface area contributed by atoms with Gasteiger partial charge in [0.2, 0.25) is 10.0 Å². The fourth-order valence-electron chi connectivity index (χ4n) is 0.817. The van der Waals surface area contributed by atoms with Crippen LogP contribution in [0.25, 0.3) is 0 Å². The van der Waals surface area contributed by atoms with Crippen molar-refractivity contribution in [2.45, 2.75) is 27.2 Å². The standard InChI is InChI=1S/C9H19NO4S/c1-4-14-9(11)5-6-15(12,13)10-7-8(2)3/h8,10H,4-7H2,1-3H3. The SMILES string of the molecule is CCOC(=O)CCS(=O)(=O)NCC(C)C. The molecule has 0 bridgehead atoms. The molecule has 0 spiro atoms. The molecule has 5 nitrogen and oxygen atoms in total. The molecule has 0 saturated carbocycles. The molecule has 0 rings (SSSR count). The predicted molar refractivity (Wildman–Crippen MR) is 57.9 cm³/mol. The number of ether oxygens (including phenoxy) is 1. The minimum atomic E-state index is -3.34. The Hall–Kier alpha value is -0.620. The van der Waals surface area contributed by atoms with Gasteiger partial charge in [0.05, 0.1) is 18.8 Å². The summed E-state index contributed by atoms with van der Waals surface area (Å²) in [6.45, 7) is 6.18. The number of carbonyl (C=O) groups is 1. The van der Waals surface area contributed by atoms with Gasteiger partial charge < -0.3 is 4.74 Å². The van der Waals surface area contributed by atoms with Gasteiger partial charge in [0.25, 0.3) is 0 Å². The minimum absolute atomic E-state index is 0.0960. The third-order valence-corrected chi connectivity index (χ3v) is 2.94. The molecule has 0 aromatic heterocycles. The van der Waals surface area contributed by atoms with E-state index in [1.807, 2.05) is 13.8 Å². The number of esters is 1. The van der Waals surface area contributed by atoms with Crippen LogP contribution in [0.5, 0.6) is 0 Å². The van der Waals surface area contributed by atoms with Crippen LogP contribution in [0.3, 0.4) is 0 Å². The van der Waals surface area contributed by atoms with E-state index in [-0.39, 0.29) is 24.7 Å². The van der Waals surface area contributed by atoms with E-state index in [9.17, 15) is 13.2 Å². The summed E-state index contributed by atoms with van der Waals surface area (Å²) >= 11 is 0. The third-order valence-electron chi connectivity index (χ3n) is 1.59. The van der Waals surface area contributed by atoms with Gasteiger partial charge in [-0.05, 0) is 12.8 Å². The van der Waals surface area contributed by atoms with E-state index in [1.54, 1.807) is 6.92 Å². The highest BCUT2D eigenvalue weighted by atomic mass is 32.2. The highest BCUT2D eigenvalue weighted by Crippen LogP contribution is 1.95. The van der Waals surface area contributed by atoms with E-state index >= 15 is 0 Å². The quantitative estimate of drug-likeness (QED) is 0.655. The molecule has 15 heavy (non-hydrogen) atoms. The Morgan fingerprint density at radius 3 is 2.47 bits per heavy atom. The summed E-state index contributed by atoms with van der Waals surface area (Å²) in [5.74, 6) is -0.437. The monoisotopic (exact) mass is 237 g/mol.